The van der Waals surface area contributed by atoms with Gasteiger partial charge in [0.25, 0.3) is 0 Å². The highest BCUT2D eigenvalue weighted by Crippen LogP contribution is 2.16. The van der Waals surface area contributed by atoms with Crippen LogP contribution in [0.1, 0.15) is 36.0 Å². The molecule has 2 aromatic carbocycles. The number of hydrogen-bond donors (Lipinski definition) is 1. The first-order valence-electron chi connectivity index (χ1n) is 8.07. The van der Waals surface area contributed by atoms with E-state index in [2.05, 4.69) is 30.4 Å². The predicted molar refractivity (Wildman–Crippen MR) is 93.9 cm³/mol. The lowest BCUT2D eigenvalue weighted by molar-refractivity contribution is -0.121. The molecule has 0 aliphatic carbocycles. The second kappa shape index (κ2) is 8.37. The SMILES string of the molecule is Cc1cc(C)cc(OCCC(=O)NCC(C)c2ccccc2)c1. The summed E-state index contributed by atoms with van der Waals surface area (Å²) in [6, 6.07) is 16.3. The number of nitrogens with one attached hydrogen (secondary N) is 1. The summed E-state index contributed by atoms with van der Waals surface area (Å²) in [4.78, 5) is 11.9. The van der Waals surface area contributed by atoms with E-state index in [4.69, 9.17) is 4.74 Å². The molecule has 1 N–H and O–H groups in total. The van der Waals surface area contributed by atoms with Crippen LogP contribution in [0.5, 0.6) is 5.75 Å². The molecule has 3 heteroatoms. The van der Waals surface area contributed by atoms with Crippen molar-refractivity contribution in [1.29, 1.82) is 0 Å². The molecule has 0 aromatic heterocycles. The van der Waals surface area contributed by atoms with E-state index in [-0.39, 0.29) is 5.91 Å². The molecule has 3 nitrogen and oxygen atoms in total. The molecule has 0 aliphatic heterocycles. The van der Waals surface area contributed by atoms with Crippen LogP contribution in [0.25, 0.3) is 0 Å². The van der Waals surface area contributed by atoms with Crippen LogP contribution in [0.4, 0.5) is 0 Å². The third-order valence-electron chi connectivity index (χ3n) is 3.77. The maximum atomic E-state index is 11.9. The standard InChI is InChI=1S/C20H25NO2/c1-15-11-16(2)13-19(12-15)23-10-9-20(22)21-14-17(3)18-7-5-4-6-8-18/h4-8,11-13,17H,9-10,14H2,1-3H3,(H,21,22). The highest BCUT2D eigenvalue weighted by atomic mass is 16.5. The minimum Gasteiger partial charge on any atom is -0.493 e. The molecule has 0 heterocycles. The molecular formula is C20H25NO2. The van der Waals surface area contributed by atoms with Crippen molar-refractivity contribution in [2.24, 2.45) is 0 Å². The van der Waals surface area contributed by atoms with Crippen LogP contribution >= 0.6 is 0 Å². The average molecular weight is 311 g/mol. The molecule has 0 radical (unpaired) electrons. The highest BCUT2D eigenvalue weighted by Gasteiger charge is 2.08. The van der Waals surface area contributed by atoms with E-state index in [1.54, 1.807) is 0 Å². The Morgan fingerprint density at radius 1 is 1.09 bits per heavy atom. The molecule has 0 spiro atoms. The normalized spacial score (nSPS) is 11.8. The summed E-state index contributed by atoms with van der Waals surface area (Å²) in [5.74, 6) is 1.16. The minimum absolute atomic E-state index is 0.0251. The number of carbonyl (C=O) groups is 1. The van der Waals surface area contributed by atoms with Crippen molar-refractivity contribution in [2.45, 2.75) is 33.1 Å². The van der Waals surface area contributed by atoms with Gasteiger partial charge in [0.1, 0.15) is 5.75 Å². The number of rotatable bonds is 7. The molecule has 0 aliphatic rings. The molecule has 1 atom stereocenters. The maximum Gasteiger partial charge on any atom is 0.223 e. The van der Waals surface area contributed by atoms with Gasteiger partial charge in [-0.05, 0) is 48.6 Å². The number of hydrogen-bond acceptors (Lipinski definition) is 2. The van der Waals surface area contributed by atoms with Crippen molar-refractivity contribution in [2.75, 3.05) is 13.2 Å². The summed E-state index contributed by atoms with van der Waals surface area (Å²) in [7, 11) is 0. The van der Waals surface area contributed by atoms with Crippen LogP contribution in [0.15, 0.2) is 48.5 Å². The first-order chi connectivity index (χ1) is 11.0. The van der Waals surface area contributed by atoms with E-state index < -0.39 is 0 Å². The first-order valence-corrected chi connectivity index (χ1v) is 8.07. The third kappa shape index (κ3) is 5.78. The van der Waals surface area contributed by atoms with E-state index in [1.807, 2.05) is 44.2 Å². The van der Waals surface area contributed by atoms with E-state index >= 15 is 0 Å². The smallest absolute Gasteiger partial charge is 0.223 e. The summed E-state index contributed by atoms with van der Waals surface area (Å²) in [5, 5.41) is 2.97. The van der Waals surface area contributed by atoms with Gasteiger partial charge >= 0.3 is 0 Å². The summed E-state index contributed by atoms with van der Waals surface area (Å²) in [5.41, 5.74) is 3.57. The van der Waals surface area contributed by atoms with Gasteiger partial charge in [-0.3, -0.25) is 4.79 Å². The Balaban J connectivity index is 1.71. The summed E-state index contributed by atoms with van der Waals surface area (Å²) in [6.45, 7) is 7.23. The van der Waals surface area contributed by atoms with E-state index in [9.17, 15) is 4.79 Å². The van der Waals surface area contributed by atoms with E-state index in [0.717, 1.165) is 5.75 Å². The zero-order valence-electron chi connectivity index (χ0n) is 14.1. The number of aryl methyl sites for hydroxylation is 2. The van der Waals surface area contributed by atoms with Gasteiger partial charge < -0.3 is 10.1 Å². The van der Waals surface area contributed by atoms with Crippen LogP contribution in [-0.4, -0.2) is 19.1 Å². The van der Waals surface area contributed by atoms with Gasteiger partial charge in [-0.25, -0.2) is 0 Å². The van der Waals surface area contributed by atoms with Gasteiger partial charge in [-0.15, -0.1) is 0 Å². The molecule has 0 saturated heterocycles. The van der Waals surface area contributed by atoms with Gasteiger partial charge in [0, 0.05) is 6.54 Å². The van der Waals surface area contributed by atoms with Crippen LogP contribution < -0.4 is 10.1 Å². The third-order valence-corrected chi connectivity index (χ3v) is 3.77. The quantitative estimate of drug-likeness (QED) is 0.839. The van der Waals surface area contributed by atoms with Crippen LogP contribution in [0.2, 0.25) is 0 Å². The van der Waals surface area contributed by atoms with E-state index in [1.165, 1.54) is 16.7 Å². The fourth-order valence-electron chi connectivity index (χ4n) is 2.53. The van der Waals surface area contributed by atoms with Crippen molar-refractivity contribution in [3.8, 4) is 5.75 Å². The molecule has 122 valence electrons. The van der Waals surface area contributed by atoms with Crippen molar-refractivity contribution >= 4 is 5.91 Å². The monoisotopic (exact) mass is 311 g/mol. The van der Waals surface area contributed by atoms with Crippen molar-refractivity contribution in [3.05, 3.63) is 65.2 Å². The second-order valence-electron chi connectivity index (χ2n) is 6.04. The molecule has 23 heavy (non-hydrogen) atoms. The van der Waals surface area contributed by atoms with Crippen molar-refractivity contribution in [1.82, 2.24) is 5.32 Å². The molecule has 2 rings (SSSR count). The minimum atomic E-state index is 0.0251. The van der Waals surface area contributed by atoms with Gasteiger partial charge in [0.15, 0.2) is 0 Å². The Kier molecular flexibility index (Phi) is 6.21. The molecule has 1 unspecified atom stereocenters. The molecule has 0 fully saturated rings. The lowest BCUT2D eigenvalue weighted by Gasteiger charge is -2.13. The Hall–Kier alpha value is -2.29. The number of carbonyl (C=O) groups excluding carboxylic acids is 1. The maximum absolute atomic E-state index is 11.9. The Labute approximate surface area is 138 Å². The highest BCUT2D eigenvalue weighted by molar-refractivity contribution is 5.76. The summed E-state index contributed by atoms with van der Waals surface area (Å²) < 4.78 is 5.67. The Bertz CT molecular complexity index is 617. The van der Waals surface area contributed by atoms with E-state index in [0.29, 0.717) is 25.5 Å². The van der Waals surface area contributed by atoms with Gasteiger partial charge in [0.2, 0.25) is 5.91 Å². The number of amides is 1. The molecule has 0 saturated carbocycles. The van der Waals surface area contributed by atoms with Gasteiger partial charge in [-0.2, -0.15) is 0 Å². The summed E-state index contributed by atoms with van der Waals surface area (Å²) >= 11 is 0. The number of ether oxygens (including phenoxy) is 1. The second-order valence-corrected chi connectivity index (χ2v) is 6.04. The molecule has 1 amide bonds. The average Bonchev–Trinajstić information content (AvgIpc) is 2.52. The fourth-order valence-corrected chi connectivity index (χ4v) is 2.53. The number of benzene rings is 2. The van der Waals surface area contributed by atoms with Gasteiger partial charge in [0.05, 0.1) is 13.0 Å². The Morgan fingerprint density at radius 3 is 2.39 bits per heavy atom. The van der Waals surface area contributed by atoms with Crippen LogP contribution in [0.3, 0.4) is 0 Å². The Morgan fingerprint density at radius 2 is 1.74 bits per heavy atom. The molecule has 0 bridgehead atoms. The first kappa shape index (κ1) is 17.1. The topological polar surface area (TPSA) is 38.3 Å². The molecular weight excluding hydrogens is 286 g/mol. The lowest BCUT2D eigenvalue weighted by Crippen LogP contribution is -2.28. The fraction of sp³-hybridized carbons (Fsp3) is 0.350. The predicted octanol–water partition coefficient (Wildman–Crippen LogP) is 3.99. The van der Waals surface area contributed by atoms with Crippen molar-refractivity contribution in [3.63, 3.8) is 0 Å². The van der Waals surface area contributed by atoms with Crippen LogP contribution in [-0.2, 0) is 4.79 Å². The molecule has 2 aromatic rings. The zero-order chi connectivity index (χ0) is 16.7. The van der Waals surface area contributed by atoms with Crippen LogP contribution in [0, 0.1) is 13.8 Å². The zero-order valence-corrected chi connectivity index (χ0v) is 14.1. The van der Waals surface area contributed by atoms with Gasteiger partial charge in [-0.1, -0.05) is 43.3 Å². The lowest BCUT2D eigenvalue weighted by atomic mass is 10.0. The van der Waals surface area contributed by atoms with Crippen molar-refractivity contribution < 1.29 is 9.53 Å². The summed E-state index contributed by atoms with van der Waals surface area (Å²) in [6.07, 6.45) is 0.370. The largest absolute Gasteiger partial charge is 0.493 e.